The lowest BCUT2D eigenvalue weighted by atomic mass is 10.1. The number of hydrogen-bond acceptors (Lipinski definition) is 6. The van der Waals surface area contributed by atoms with Crippen LogP contribution < -0.4 is 14.4 Å². The first-order valence-corrected chi connectivity index (χ1v) is 16.2. The summed E-state index contributed by atoms with van der Waals surface area (Å²) >= 11 is 0. The van der Waals surface area contributed by atoms with Gasteiger partial charge in [0.1, 0.15) is 18.2 Å². The van der Waals surface area contributed by atoms with Crippen molar-refractivity contribution in [3.05, 3.63) is 89.7 Å². The molecule has 12 heteroatoms. The zero-order chi connectivity index (χ0) is 28.8. The first-order chi connectivity index (χ1) is 19.1. The van der Waals surface area contributed by atoms with Crippen molar-refractivity contribution in [3.63, 3.8) is 0 Å². The lowest BCUT2D eigenvalue weighted by Gasteiger charge is -2.25. The van der Waals surface area contributed by atoms with Crippen molar-refractivity contribution in [2.45, 2.75) is 30.7 Å². The molecule has 1 aliphatic rings. The monoisotopic (exact) mass is 589 g/mol. The lowest BCUT2D eigenvalue weighted by molar-refractivity contribution is 0.0947. The summed E-state index contributed by atoms with van der Waals surface area (Å²) < 4.78 is 72.6. The van der Waals surface area contributed by atoms with Gasteiger partial charge in [-0.15, -0.1) is 0 Å². The van der Waals surface area contributed by atoms with Crippen LogP contribution in [0.25, 0.3) is 0 Å². The molecule has 3 aromatic carbocycles. The van der Waals surface area contributed by atoms with Gasteiger partial charge in [-0.2, -0.15) is 4.31 Å². The summed E-state index contributed by atoms with van der Waals surface area (Å²) in [6.07, 6.45) is 3.81. The summed E-state index contributed by atoms with van der Waals surface area (Å²) in [6.45, 7) is 1.24. The largest absolute Gasteiger partial charge is 0.492 e. The number of amides is 1. The molecule has 0 bridgehead atoms. The van der Waals surface area contributed by atoms with Crippen molar-refractivity contribution in [2.24, 2.45) is 0 Å². The van der Waals surface area contributed by atoms with Gasteiger partial charge in [-0.3, -0.25) is 9.10 Å². The number of ether oxygens (including phenoxy) is 1. The molecular weight excluding hydrogens is 557 g/mol. The van der Waals surface area contributed by atoms with Crippen LogP contribution in [0.1, 0.15) is 35.2 Å². The van der Waals surface area contributed by atoms with Gasteiger partial charge in [0.15, 0.2) is 0 Å². The molecule has 3 aromatic rings. The zero-order valence-electron chi connectivity index (χ0n) is 22.1. The molecule has 1 saturated heterocycles. The second-order valence-corrected chi connectivity index (χ2v) is 13.3. The SMILES string of the molecule is CS(=O)(=O)N(Cc1ccccc1F)c1ccc(C(=O)NCCOc2ccc(S(=O)(=O)N3CCCCC3)cc2)cc1. The Kier molecular flexibility index (Phi) is 9.44. The van der Waals surface area contributed by atoms with Crippen LogP contribution in [0.15, 0.2) is 77.7 Å². The summed E-state index contributed by atoms with van der Waals surface area (Å²) in [5, 5.41) is 2.73. The first-order valence-electron chi connectivity index (χ1n) is 12.9. The van der Waals surface area contributed by atoms with E-state index in [9.17, 15) is 26.0 Å². The molecule has 0 atom stereocenters. The molecule has 1 fully saturated rings. The van der Waals surface area contributed by atoms with Crippen LogP contribution in [0, 0.1) is 5.82 Å². The summed E-state index contributed by atoms with van der Waals surface area (Å²) in [5.74, 6) is -0.405. The molecule has 1 N–H and O–H groups in total. The fraction of sp³-hybridized carbons (Fsp3) is 0.321. The Balaban J connectivity index is 1.29. The summed E-state index contributed by atoms with van der Waals surface area (Å²) in [6, 6.07) is 18.1. The molecule has 0 radical (unpaired) electrons. The van der Waals surface area contributed by atoms with Gasteiger partial charge in [-0.05, 0) is 67.4 Å². The number of carbonyl (C=O) groups is 1. The van der Waals surface area contributed by atoms with Crippen molar-refractivity contribution < 1.29 is 30.8 Å². The predicted octanol–water partition coefficient (Wildman–Crippen LogP) is 3.78. The Morgan fingerprint density at radius 3 is 2.20 bits per heavy atom. The summed E-state index contributed by atoms with van der Waals surface area (Å²) in [4.78, 5) is 12.8. The molecule has 40 heavy (non-hydrogen) atoms. The molecule has 0 aliphatic carbocycles. The maximum absolute atomic E-state index is 14.1. The Morgan fingerprint density at radius 2 is 1.57 bits per heavy atom. The van der Waals surface area contributed by atoms with Crippen molar-refractivity contribution in [1.82, 2.24) is 9.62 Å². The number of rotatable bonds is 11. The third-order valence-electron chi connectivity index (χ3n) is 6.52. The molecule has 1 heterocycles. The minimum absolute atomic E-state index is 0.159. The molecule has 4 rings (SSSR count). The second-order valence-electron chi connectivity index (χ2n) is 9.45. The lowest BCUT2D eigenvalue weighted by Crippen LogP contribution is -2.35. The fourth-order valence-corrected chi connectivity index (χ4v) is 6.75. The molecule has 0 spiro atoms. The van der Waals surface area contributed by atoms with Gasteiger partial charge in [0, 0.05) is 24.2 Å². The number of nitrogens with zero attached hydrogens (tertiary/aromatic N) is 2. The number of benzene rings is 3. The van der Waals surface area contributed by atoms with Crippen LogP contribution in [-0.2, 0) is 26.6 Å². The van der Waals surface area contributed by atoms with Crippen LogP contribution in [0.3, 0.4) is 0 Å². The highest BCUT2D eigenvalue weighted by atomic mass is 32.2. The van der Waals surface area contributed by atoms with Crippen LogP contribution in [0.4, 0.5) is 10.1 Å². The van der Waals surface area contributed by atoms with Gasteiger partial charge < -0.3 is 10.1 Å². The number of piperidine rings is 1. The summed E-state index contributed by atoms with van der Waals surface area (Å²) in [7, 11) is -7.23. The van der Waals surface area contributed by atoms with E-state index < -0.39 is 25.9 Å². The van der Waals surface area contributed by atoms with Crippen molar-refractivity contribution in [1.29, 1.82) is 0 Å². The zero-order valence-corrected chi connectivity index (χ0v) is 23.8. The molecule has 214 valence electrons. The van der Waals surface area contributed by atoms with E-state index in [1.807, 2.05) is 0 Å². The highest BCUT2D eigenvalue weighted by Gasteiger charge is 2.25. The molecule has 0 saturated carbocycles. The smallest absolute Gasteiger partial charge is 0.251 e. The van der Waals surface area contributed by atoms with E-state index in [0.717, 1.165) is 29.8 Å². The minimum Gasteiger partial charge on any atom is -0.492 e. The van der Waals surface area contributed by atoms with E-state index in [4.69, 9.17) is 4.74 Å². The van der Waals surface area contributed by atoms with Gasteiger partial charge in [-0.25, -0.2) is 21.2 Å². The topological polar surface area (TPSA) is 113 Å². The highest BCUT2D eigenvalue weighted by Crippen LogP contribution is 2.24. The van der Waals surface area contributed by atoms with Crippen LogP contribution in [0.2, 0.25) is 0 Å². The molecule has 9 nitrogen and oxygen atoms in total. The Hall–Kier alpha value is -3.48. The second kappa shape index (κ2) is 12.8. The van der Waals surface area contributed by atoms with Crippen molar-refractivity contribution >= 4 is 31.6 Å². The van der Waals surface area contributed by atoms with Crippen molar-refractivity contribution in [2.75, 3.05) is 36.8 Å². The first kappa shape index (κ1) is 29.5. The van der Waals surface area contributed by atoms with Gasteiger partial charge in [0.05, 0.1) is 29.9 Å². The molecule has 1 aliphatic heterocycles. The Labute approximate surface area is 234 Å². The normalized spacial score (nSPS) is 14.4. The van der Waals surface area contributed by atoms with Gasteiger partial charge in [0.25, 0.3) is 5.91 Å². The molecule has 0 aromatic heterocycles. The van der Waals surface area contributed by atoms with E-state index in [0.29, 0.717) is 30.1 Å². The highest BCUT2D eigenvalue weighted by molar-refractivity contribution is 7.92. The number of sulfonamides is 2. The number of carbonyl (C=O) groups excluding carboxylic acids is 1. The average Bonchev–Trinajstić information content (AvgIpc) is 2.95. The van der Waals surface area contributed by atoms with Gasteiger partial charge in [0.2, 0.25) is 20.0 Å². The van der Waals surface area contributed by atoms with Crippen LogP contribution in [0.5, 0.6) is 5.75 Å². The number of halogens is 1. The number of hydrogen-bond donors (Lipinski definition) is 1. The van der Waals surface area contributed by atoms with Gasteiger partial charge >= 0.3 is 0 Å². The maximum Gasteiger partial charge on any atom is 0.251 e. The van der Waals surface area contributed by atoms with Crippen LogP contribution >= 0.6 is 0 Å². The average molecular weight is 590 g/mol. The van der Waals surface area contributed by atoms with Crippen molar-refractivity contribution in [3.8, 4) is 5.75 Å². The maximum atomic E-state index is 14.1. The molecular formula is C28H32FN3O6S2. The van der Waals surface area contributed by atoms with E-state index >= 15 is 0 Å². The van der Waals surface area contributed by atoms with Crippen LogP contribution in [-0.4, -0.2) is 59.5 Å². The fourth-order valence-electron chi connectivity index (χ4n) is 4.36. The van der Waals surface area contributed by atoms with E-state index in [-0.39, 0.29) is 36.1 Å². The predicted molar refractivity (Wildman–Crippen MR) is 151 cm³/mol. The number of anilines is 1. The van der Waals surface area contributed by atoms with Gasteiger partial charge in [-0.1, -0.05) is 24.6 Å². The van der Waals surface area contributed by atoms with E-state index in [1.165, 1.54) is 58.9 Å². The van der Waals surface area contributed by atoms with E-state index in [1.54, 1.807) is 18.2 Å². The quantitative estimate of drug-likeness (QED) is 0.341. The third kappa shape index (κ3) is 7.38. The third-order valence-corrected chi connectivity index (χ3v) is 9.58. The Bertz CT molecular complexity index is 1520. The molecule has 0 unspecified atom stereocenters. The minimum atomic E-state index is -3.71. The standard InChI is InChI=1S/C28H32FN3O6S2/c1-39(34,35)32(21-23-7-3-4-8-27(23)29)24-11-9-22(10-12-24)28(33)30-17-20-38-25-13-15-26(16-14-25)40(36,37)31-18-5-2-6-19-31/h3-4,7-16H,2,5-6,17-21H2,1H3,(H,30,33). The summed E-state index contributed by atoms with van der Waals surface area (Å²) in [5.41, 5.74) is 0.847. The number of nitrogens with one attached hydrogen (secondary N) is 1. The molecule has 1 amide bonds. The Morgan fingerprint density at radius 1 is 0.925 bits per heavy atom. The van der Waals surface area contributed by atoms with E-state index in [2.05, 4.69) is 5.32 Å².